The van der Waals surface area contributed by atoms with Crippen molar-refractivity contribution in [2.24, 2.45) is 0 Å². The summed E-state index contributed by atoms with van der Waals surface area (Å²) in [6.07, 6.45) is -1.88. The lowest BCUT2D eigenvalue weighted by Gasteiger charge is -2.08. The summed E-state index contributed by atoms with van der Waals surface area (Å²) in [4.78, 5) is 0. The standard InChI is InChI=1S/C13H15F3/c1-10(2)5-3-6-11-7-4-8-12(9-11)13(14,15)16/h4,7-9H,1,3,5-6H2,2H3. The Labute approximate surface area is 93.8 Å². The van der Waals surface area contributed by atoms with Gasteiger partial charge in [0.15, 0.2) is 0 Å². The van der Waals surface area contributed by atoms with E-state index < -0.39 is 11.7 Å². The molecule has 0 spiro atoms. The summed E-state index contributed by atoms with van der Waals surface area (Å²) in [5.41, 5.74) is 1.23. The van der Waals surface area contributed by atoms with E-state index in [0.29, 0.717) is 6.42 Å². The highest BCUT2D eigenvalue weighted by molar-refractivity contribution is 5.25. The second-order valence-corrected chi connectivity index (χ2v) is 4.01. The predicted molar refractivity (Wildman–Crippen MR) is 59.2 cm³/mol. The maximum Gasteiger partial charge on any atom is 0.416 e. The predicted octanol–water partition coefficient (Wildman–Crippen LogP) is 4.60. The summed E-state index contributed by atoms with van der Waals surface area (Å²) < 4.78 is 37.2. The van der Waals surface area contributed by atoms with Crippen molar-refractivity contribution >= 4 is 0 Å². The van der Waals surface area contributed by atoms with Crippen LogP contribution in [0, 0.1) is 0 Å². The Morgan fingerprint density at radius 3 is 2.56 bits per heavy atom. The fraction of sp³-hybridized carbons (Fsp3) is 0.385. The molecule has 0 N–H and O–H groups in total. The lowest BCUT2D eigenvalue weighted by molar-refractivity contribution is -0.137. The summed E-state index contributed by atoms with van der Waals surface area (Å²) in [7, 11) is 0. The third-order valence-electron chi connectivity index (χ3n) is 2.32. The smallest absolute Gasteiger partial charge is 0.166 e. The van der Waals surface area contributed by atoms with Gasteiger partial charge in [-0.05, 0) is 37.8 Å². The minimum absolute atomic E-state index is 0.569. The zero-order valence-corrected chi connectivity index (χ0v) is 9.27. The molecule has 88 valence electrons. The molecule has 0 saturated carbocycles. The number of hydrogen-bond donors (Lipinski definition) is 0. The largest absolute Gasteiger partial charge is 0.416 e. The van der Waals surface area contributed by atoms with Crippen molar-refractivity contribution in [3.05, 3.63) is 47.5 Å². The van der Waals surface area contributed by atoms with Crippen molar-refractivity contribution < 1.29 is 13.2 Å². The molecule has 1 rings (SSSR count). The van der Waals surface area contributed by atoms with Gasteiger partial charge in [0, 0.05) is 0 Å². The molecule has 16 heavy (non-hydrogen) atoms. The van der Waals surface area contributed by atoms with Gasteiger partial charge in [0.05, 0.1) is 5.56 Å². The molecule has 1 aromatic rings. The normalized spacial score (nSPS) is 11.5. The molecule has 0 aliphatic rings. The summed E-state index contributed by atoms with van der Waals surface area (Å²) in [6.45, 7) is 5.69. The van der Waals surface area contributed by atoms with Crippen LogP contribution in [-0.4, -0.2) is 0 Å². The Morgan fingerprint density at radius 1 is 1.31 bits per heavy atom. The third-order valence-corrected chi connectivity index (χ3v) is 2.32. The van der Waals surface area contributed by atoms with E-state index in [1.165, 1.54) is 12.1 Å². The van der Waals surface area contributed by atoms with Gasteiger partial charge in [0.25, 0.3) is 0 Å². The Kier molecular flexibility index (Phi) is 4.16. The van der Waals surface area contributed by atoms with Gasteiger partial charge in [-0.1, -0.05) is 23.8 Å². The lowest BCUT2D eigenvalue weighted by Crippen LogP contribution is -2.05. The maximum atomic E-state index is 12.4. The summed E-state index contributed by atoms with van der Waals surface area (Å²) in [5.74, 6) is 0. The van der Waals surface area contributed by atoms with Crippen LogP contribution in [0.1, 0.15) is 30.9 Å². The first kappa shape index (κ1) is 12.8. The number of allylic oxidation sites excluding steroid dienone is 1. The fourth-order valence-electron chi connectivity index (χ4n) is 1.50. The van der Waals surface area contributed by atoms with Gasteiger partial charge in [0.1, 0.15) is 0 Å². The fourth-order valence-corrected chi connectivity index (χ4v) is 1.50. The number of benzene rings is 1. The molecule has 0 amide bonds. The molecule has 0 heterocycles. The first-order chi connectivity index (χ1) is 7.39. The minimum Gasteiger partial charge on any atom is -0.166 e. The second kappa shape index (κ2) is 5.19. The Hall–Kier alpha value is -1.25. The summed E-state index contributed by atoms with van der Waals surface area (Å²) in [6, 6.07) is 5.51. The van der Waals surface area contributed by atoms with Crippen LogP contribution in [0.15, 0.2) is 36.4 Å². The van der Waals surface area contributed by atoms with Gasteiger partial charge in [-0.25, -0.2) is 0 Å². The summed E-state index contributed by atoms with van der Waals surface area (Å²) in [5, 5.41) is 0. The molecule has 0 aromatic heterocycles. The van der Waals surface area contributed by atoms with Crippen molar-refractivity contribution in [1.29, 1.82) is 0 Å². The van der Waals surface area contributed by atoms with E-state index in [1.807, 2.05) is 6.92 Å². The molecule has 0 atom stereocenters. The lowest BCUT2D eigenvalue weighted by atomic mass is 10.0. The van der Waals surface area contributed by atoms with E-state index in [0.717, 1.165) is 30.0 Å². The van der Waals surface area contributed by atoms with Gasteiger partial charge in [-0.2, -0.15) is 13.2 Å². The monoisotopic (exact) mass is 228 g/mol. The Balaban J connectivity index is 2.64. The van der Waals surface area contributed by atoms with Crippen LogP contribution in [0.25, 0.3) is 0 Å². The highest BCUT2D eigenvalue weighted by Gasteiger charge is 2.30. The topological polar surface area (TPSA) is 0 Å². The molecule has 1 aromatic carbocycles. The molecule has 3 heteroatoms. The van der Waals surface area contributed by atoms with E-state index in [1.54, 1.807) is 6.07 Å². The maximum absolute atomic E-state index is 12.4. The highest BCUT2D eigenvalue weighted by Crippen LogP contribution is 2.29. The first-order valence-electron chi connectivity index (χ1n) is 5.20. The number of alkyl halides is 3. The van der Waals surface area contributed by atoms with Crippen LogP contribution >= 0.6 is 0 Å². The molecule has 0 saturated heterocycles. The van der Waals surface area contributed by atoms with Crippen molar-refractivity contribution in [3.63, 3.8) is 0 Å². The van der Waals surface area contributed by atoms with Crippen LogP contribution in [0.5, 0.6) is 0 Å². The van der Waals surface area contributed by atoms with Gasteiger partial charge >= 0.3 is 6.18 Å². The van der Waals surface area contributed by atoms with Crippen LogP contribution < -0.4 is 0 Å². The van der Waals surface area contributed by atoms with E-state index in [-0.39, 0.29) is 0 Å². The molecular weight excluding hydrogens is 213 g/mol. The molecule has 0 nitrogen and oxygen atoms in total. The van der Waals surface area contributed by atoms with Crippen LogP contribution in [0.4, 0.5) is 13.2 Å². The Morgan fingerprint density at radius 2 is 2.00 bits per heavy atom. The van der Waals surface area contributed by atoms with Crippen molar-refractivity contribution in [2.45, 2.75) is 32.4 Å². The Bertz CT molecular complexity index is 364. The average molecular weight is 228 g/mol. The van der Waals surface area contributed by atoms with Crippen molar-refractivity contribution in [3.8, 4) is 0 Å². The quantitative estimate of drug-likeness (QED) is 0.660. The highest BCUT2D eigenvalue weighted by atomic mass is 19.4. The van der Waals surface area contributed by atoms with Gasteiger partial charge < -0.3 is 0 Å². The molecular formula is C13H15F3. The van der Waals surface area contributed by atoms with Gasteiger partial charge in [-0.3, -0.25) is 0 Å². The van der Waals surface area contributed by atoms with Crippen molar-refractivity contribution in [2.75, 3.05) is 0 Å². The third kappa shape index (κ3) is 4.09. The van der Waals surface area contributed by atoms with E-state index in [2.05, 4.69) is 6.58 Å². The minimum atomic E-state index is -4.25. The average Bonchev–Trinajstić information content (AvgIpc) is 2.16. The molecule has 0 fully saturated rings. The number of halogens is 3. The second-order valence-electron chi connectivity index (χ2n) is 4.01. The van der Waals surface area contributed by atoms with Gasteiger partial charge in [-0.15, -0.1) is 6.58 Å². The van der Waals surface area contributed by atoms with Crippen LogP contribution in [0.3, 0.4) is 0 Å². The van der Waals surface area contributed by atoms with Crippen LogP contribution in [-0.2, 0) is 12.6 Å². The van der Waals surface area contributed by atoms with Gasteiger partial charge in [0.2, 0.25) is 0 Å². The van der Waals surface area contributed by atoms with E-state index in [9.17, 15) is 13.2 Å². The van der Waals surface area contributed by atoms with E-state index >= 15 is 0 Å². The number of hydrogen-bond acceptors (Lipinski definition) is 0. The molecule has 0 aliphatic heterocycles. The molecule has 0 unspecified atom stereocenters. The number of aryl methyl sites for hydroxylation is 1. The van der Waals surface area contributed by atoms with Crippen LogP contribution in [0.2, 0.25) is 0 Å². The molecule has 0 bridgehead atoms. The molecule has 0 aliphatic carbocycles. The SMILES string of the molecule is C=C(C)CCCc1cccc(C(F)(F)F)c1. The zero-order valence-electron chi connectivity index (χ0n) is 9.27. The first-order valence-corrected chi connectivity index (χ1v) is 5.20. The van der Waals surface area contributed by atoms with E-state index in [4.69, 9.17) is 0 Å². The number of rotatable bonds is 4. The summed E-state index contributed by atoms with van der Waals surface area (Å²) >= 11 is 0. The zero-order chi connectivity index (χ0) is 12.2. The molecule has 0 radical (unpaired) electrons. The van der Waals surface area contributed by atoms with Crippen molar-refractivity contribution in [1.82, 2.24) is 0 Å².